The number of nitrogens with one attached hydrogen (secondary N) is 1. The molecule has 1 aromatic rings. The molecule has 0 bridgehead atoms. The van der Waals surface area contributed by atoms with E-state index in [0.29, 0.717) is 5.69 Å². The van der Waals surface area contributed by atoms with Gasteiger partial charge in [-0.15, -0.1) is 19.8 Å². The Kier molecular flexibility index (Phi) is 6.07. The maximum Gasteiger partial charge on any atom is 0.573 e. The van der Waals surface area contributed by atoms with Gasteiger partial charge in [0.05, 0.1) is 6.07 Å². The Bertz CT molecular complexity index is 606. The van der Waals surface area contributed by atoms with Crippen LogP contribution in [-0.4, -0.2) is 17.1 Å². The number of hydrogen-bond acceptors (Lipinski definition) is 4. The molecule has 0 saturated heterocycles. The van der Waals surface area contributed by atoms with Gasteiger partial charge in [-0.2, -0.15) is 5.26 Å². The number of Topliss-reactive ketones (excluding diaryl/α,β-unsaturated/α-hetero) is 1. The van der Waals surface area contributed by atoms with Gasteiger partial charge in [0.2, 0.25) is 0 Å². The van der Waals surface area contributed by atoms with Crippen LogP contribution in [0.15, 0.2) is 36.9 Å². The van der Waals surface area contributed by atoms with Gasteiger partial charge in [-0.3, -0.25) is 4.79 Å². The molecular weight excluding hydrogens is 317 g/mol. The zero-order valence-electron chi connectivity index (χ0n) is 11.2. The maximum atomic E-state index is 12.0. The van der Waals surface area contributed by atoms with E-state index < -0.39 is 18.1 Å². The summed E-state index contributed by atoms with van der Waals surface area (Å²) in [5.74, 6) is -1.94. The molecule has 1 unspecified atom stereocenters. The zero-order chi connectivity index (χ0) is 16.8. The predicted molar refractivity (Wildman–Crippen MR) is 78.3 cm³/mol. The Morgan fingerprint density at radius 2 is 2.05 bits per heavy atom. The van der Waals surface area contributed by atoms with E-state index in [1.807, 2.05) is 0 Å². The second kappa shape index (κ2) is 7.56. The van der Waals surface area contributed by atoms with Crippen molar-refractivity contribution in [1.82, 2.24) is 0 Å². The van der Waals surface area contributed by atoms with Crippen LogP contribution < -0.4 is 10.1 Å². The maximum absolute atomic E-state index is 12.0. The fourth-order valence-corrected chi connectivity index (χ4v) is 1.79. The van der Waals surface area contributed by atoms with Crippen LogP contribution in [0.5, 0.6) is 5.75 Å². The number of thiocarbonyl (C=S) groups is 1. The quantitative estimate of drug-likeness (QED) is 0.638. The Labute approximate surface area is 130 Å². The van der Waals surface area contributed by atoms with Gasteiger partial charge in [0.25, 0.3) is 0 Å². The molecule has 1 aromatic carbocycles. The van der Waals surface area contributed by atoms with Gasteiger partial charge in [-0.25, -0.2) is 0 Å². The second-order valence-corrected chi connectivity index (χ2v) is 4.52. The molecule has 0 amide bonds. The van der Waals surface area contributed by atoms with Crippen LogP contribution in [0.4, 0.5) is 18.9 Å². The molecule has 8 heteroatoms. The Hall–Kier alpha value is -2.40. The van der Waals surface area contributed by atoms with Crippen molar-refractivity contribution in [2.45, 2.75) is 12.8 Å². The minimum absolute atomic E-state index is 0.00158. The third kappa shape index (κ3) is 5.54. The van der Waals surface area contributed by atoms with E-state index in [1.165, 1.54) is 18.2 Å². The van der Waals surface area contributed by atoms with Gasteiger partial charge in [0.1, 0.15) is 10.7 Å². The molecule has 0 aromatic heterocycles. The Balaban J connectivity index is 2.74. The normalized spacial score (nSPS) is 11.9. The minimum atomic E-state index is -4.77. The van der Waals surface area contributed by atoms with E-state index in [-0.39, 0.29) is 17.2 Å². The first-order valence-corrected chi connectivity index (χ1v) is 6.37. The lowest BCUT2D eigenvalue weighted by molar-refractivity contribution is -0.274. The van der Waals surface area contributed by atoms with Gasteiger partial charge in [0, 0.05) is 12.1 Å². The first-order chi connectivity index (χ1) is 10.3. The summed E-state index contributed by atoms with van der Waals surface area (Å²) in [4.78, 5) is 11.6. The fraction of sp³-hybridized carbons (Fsp3) is 0.214. The number of carbonyl (C=O) groups is 1. The molecular formula is C14H11F3N2O2S. The predicted octanol–water partition coefficient (Wildman–Crippen LogP) is 3.61. The first kappa shape index (κ1) is 17.7. The van der Waals surface area contributed by atoms with Crippen LogP contribution in [0.25, 0.3) is 0 Å². The molecule has 0 aliphatic heterocycles. The van der Waals surface area contributed by atoms with Crippen LogP contribution in [0, 0.1) is 17.2 Å². The zero-order valence-corrected chi connectivity index (χ0v) is 12.0. The lowest BCUT2D eigenvalue weighted by Crippen LogP contribution is -2.26. The summed E-state index contributed by atoms with van der Waals surface area (Å²) in [6.45, 7) is 3.40. The highest BCUT2D eigenvalue weighted by molar-refractivity contribution is 7.80. The van der Waals surface area contributed by atoms with Crippen molar-refractivity contribution in [3.05, 3.63) is 36.9 Å². The number of carbonyl (C=O) groups excluding carboxylic acids is 1. The monoisotopic (exact) mass is 328 g/mol. The summed E-state index contributed by atoms with van der Waals surface area (Å²) in [6.07, 6.45) is -3.41. The Morgan fingerprint density at radius 3 is 2.50 bits per heavy atom. The van der Waals surface area contributed by atoms with Crippen molar-refractivity contribution in [2.24, 2.45) is 5.92 Å². The summed E-state index contributed by atoms with van der Waals surface area (Å²) in [6, 6.07) is 6.53. The van der Waals surface area contributed by atoms with Gasteiger partial charge >= 0.3 is 6.36 Å². The molecule has 0 aliphatic carbocycles. The molecule has 116 valence electrons. The highest BCUT2D eigenvalue weighted by Gasteiger charge is 2.31. The average molecular weight is 328 g/mol. The summed E-state index contributed by atoms with van der Waals surface area (Å²) < 4.78 is 39.8. The first-order valence-electron chi connectivity index (χ1n) is 5.96. The molecule has 22 heavy (non-hydrogen) atoms. The summed E-state index contributed by atoms with van der Waals surface area (Å²) in [5, 5.41) is 11.6. The van der Waals surface area contributed by atoms with Crippen LogP contribution in [-0.2, 0) is 4.79 Å². The van der Waals surface area contributed by atoms with Crippen LogP contribution in [0.2, 0.25) is 0 Å². The number of ketones is 1. The third-order valence-corrected chi connectivity index (χ3v) is 2.75. The Morgan fingerprint density at radius 1 is 1.45 bits per heavy atom. The van der Waals surface area contributed by atoms with E-state index >= 15 is 0 Å². The number of hydrogen-bond donors (Lipinski definition) is 1. The third-order valence-electron chi connectivity index (χ3n) is 2.41. The van der Waals surface area contributed by atoms with Crippen molar-refractivity contribution >= 4 is 28.7 Å². The second-order valence-electron chi connectivity index (χ2n) is 4.08. The van der Waals surface area contributed by atoms with Crippen molar-refractivity contribution in [3.8, 4) is 11.8 Å². The molecule has 0 saturated carbocycles. The van der Waals surface area contributed by atoms with Crippen molar-refractivity contribution in [1.29, 1.82) is 5.26 Å². The molecule has 0 aliphatic rings. The van der Waals surface area contributed by atoms with Gasteiger partial charge in [-0.05, 0) is 24.3 Å². The molecule has 1 N–H and O–H groups in total. The van der Waals surface area contributed by atoms with E-state index in [1.54, 1.807) is 6.07 Å². The number of nitrogens with zero attached hydrogens (tertiary/aromatic N) is 1. The highest BCUT2D eigenvalue weighted by atomic mass is 32.1. The van der Waals surface area contributed by atoms with Crippen molar-refractivity contribution in [3.63, 3.8) is 0 Å². The van der Waals surface area contributed by atoms with E-state index in [4.69, 9.17) is 17.5 Å². The largest absolute Gasteiger partial charge is 0.573 e. The lowest BCUT2D eigenvalue weighted by Gasteiger charge is -2.13. The highest BCUT2D eigenvalue weighted by Crippen LogP contribution is 2.24. The topological polar surface area (TPSA) is 62.1 Å². The standard InChI is InChI=1S/C14H11F3N2O2S/c1-2-3-12(20)11(8-18)13(22)19-9-4-6-10(7-5-9)21-14(15,16)17/h2,4-7,11H,1,3H2,(H,19,22). The van der Waals surface area contributed by atoms with Crippen LogP contribution >= 0.6 is 12.2 Å². The SMILES string of the molecule is C=CCC(=O)C(C#N)C(=S)Nc1ccc(OC(F)(F)F)cc1. The number of halogens is 3. The van der Waals surface area contributed by atoms with Gasteiger partial charge < -0.3 is 10.1 Å². The molecule has 0 spiro atoms. The number of ether oxygens (including phenoxy) is 1. The fourth-order valence-electron chi connectivity index (χ4n) is 1.49. The molecule has 1 atom stereocenters. The number of nitriles is 1. The molecule has 1 rings (SSSR count). The van der Waals surface area contributed by atoms with Gasteiger partial charge in [0.15, 0.2) is 11.7 Å². The number of alkyl halides is 3. The lowest BCUT2D eigenvalue weighted by atomic mass is 10.0. The van der Waals surface area contributed by atoms with Gasteiger partial charge in [-0.1, -0.05) is 18.3 Å². The smallest absolute Gasteiger partial charge is 0.406 e. The summed E-state index contributed by atoms with van der Waals surface area (Å²) >= 11 is 4.97. The van der Waals surface area contributed by atoms with Crippen molar-refractivity contribution in [2.75, 3.05) is 5.32 Å². The number of benzene rings is 1. The summed E-state index contributed by atoms with van der Waals surface area (Å²) in [7, 11) is 0. The van der Waals surface area contributed by atoms with E-state index in [2.05, 4.69) is 16.6 Å². The van der Waals surface area contributed by atoms with E-state index in [9.17, 15) is 18.0 Å². The van der Waals surface area contributed by atoms with Crippen LogP contribution in [0.1, 0.15) is 6.42 Å². The number of rotatable bonds is 6. The average Bonchev–Trinajstić information content (AvgIpc) is 2.40. The summed E-state index contributed by atoms with van der Waals surface area (Å²) in [5.41, 5.74) is 0.339. The molecule has 4 nitrogen and oxygen atoms in total. The van der Waals surface area contributed by atoms with E-state index in [0.717, 1.165) is 12.1 Å². The number of allylic oxidation sites excluding steroid dienone is 1. The van der Waals surface area contributed by atoms with Crippen LogP contribution in [0.3, 0.4) is 0 Å². The molecule has 0 radical (unpaired) electrons. The molecule has 0 heterocycles. The molecule has 0 fully saturated rings. The van der Waals surface area contributed by atoms with Crippen molar-refractivity contribution < 1.29 is 22.7 Å². The minimum Gasteiger partial charge on any atom is -0.406 e. The number of anilines is 1.